The van der Waals surface area contributed by atoms with E-state index in [1.807, 2.05) is 24.3 Å². The molecule has 2 atom stereocenters. The van der Waals surface area contributed by atoms with Gasteiger partial charge >= 0.3 is 0 Å². The van der Waals surface area contributed by atoms with Crippen molar-refractivity contribution in [2.24, 2.45) is 5.92 Å². The van der Waals surface area contributed by atoms with Gasteiger partial charge in [0.2, 0.25) is 0 Å². The second-order valence-electron chi connectivity index (χ2n) is 12.4. The maximum absolute atomic E-state index is 14.2. The summed E-state index contributed by atoms with van der Waals surface area (Å²) >= 11 is 0. The van der Waals surface area contributed by atoms with Gasteiger partial charge in [-0.15, -0.1) is 0 Å². The number of nitrogens with zero attached hydrogens (tertiary/aromatic N) is 4. The van der Waals surface area contributed by atoms with E-state index >= 15 is 0 Å². The van der Waals surface area contributed by atoms with Crippen LogP contribution in [0, 0.1) is 40.2 Å². The van der Waals surface area contributed by atoms with Crippen LogP contribution in [0.5, 0.6) is 0 Å². The van der Waals surface area contributed by atoms with E-state index in [1.165, 1.54) is 29.8 Å². The first-order valence-electron chi connectivity index (χ1n) is 16.1. The number of halogens is 2. The summed E-state index contributed by atoms with van der Waals surface area (Å²) in [6.07, 6.45) is 6.74. The molecule has 0 fully saturated rings. The number of hydrogen-bond acceptors (Lipinski definition) is 4. The highest BCUT2D eigenvalue weighted by Gasteiger charge is 2.30. The molecule has 0 amide bonds. The molecular weight excluding hydrogens is 610 g/mol. The fraction of sp³-hybridized carbons (Fsp3) is 0.0698. The van der Waals surface area contributed by atoms with Gasteiger partial charge in [0.15, 0.2) is 0 Å². The first-order chi connectivity index (χ1) is 23.9. The Bertz CT molecular complexity index is 2490. The SMILES string of the molecule is CC1C=c2c(N(c3ccc(F)cc3)c3ccc(C#N)cc3)ccc3ccc4c(c23)C1C=CC=4N(c1ccc(F)cc1)c1ccc(C#N)cc1. The normalized spacial score (nSPS) is 15.7. The molecule has 2 unspecified atom stereocenters. The van der Waals surface area contributed by atoms with E-state index in [-0.39, 0.29) is 23.5 Å². The van der Waals surface area contributed by atoms with Crippen LogP contribution in [-0.2, 0) is 0 Å². The summed E-state index contributed by atoms with van der Waals surface area (Å²) < 4.78 is 28.3. The Morgan fingerprint density at radius 1 is 0.592 bits per heavy atom. The van der Waals surface area contributed by atoms with Gasteiger partial charge in [-0.05, 0) is 131 Å². The van der Waals surface area contributed by atoms with Crippen LogP contribution in [0.3, 0.4) is 0 Å². The summed E-state index contributed by atoms with van der Waals surface area (Å²) in [5, 5.41) is 23.3. The van der Waals surface area contributed by atoms with Gasteiger partial charge in [-0.2, -0.15) is 10.5 Å². The van der Waals surface area contributed by atoms with Crippen molar-refractivity contribution in [3.05, 3.63) is 172 Å². The molecule has 0 bridgehead atoms. The molecule has 0 radical (unpaired) electrons. The van der Waals surface area contributed by atoms with Crippen LogP contribution < -0.4 is 20.2 Å². The van der Waals surface area contributed by atoms with Crippen LogP contribution in [0.15, 0.2) is 133 Å². The molecule has 0 N–H and O–H groups in total. The Labute approximate surface area is 282 Å². The van der Waals surface area contributed by atoms with E-state index < -0.39 is 0 Å². The third kappa shape index (κ3) is 5.12. The van der Waals surface area contributed by atoms with Gasteiger partial charge in [-0.3, -0.25) is 0 Å². The van der Waals surface area contributed by atoms with E-state index in [0.29, 0.717) is 11.1 Å². The summed E-state index contributed by atoms with van der Waals surface area (Å²) in [5.41, 5.74) is 7.51. The number of nitriles is 2. The molecule has 8 rings (SSSR count). The Kier molecular flexibility index (Phi) is 7.28. The van der Waals surface area contributed by atoms with Gasteiger partial charge in [0.05, 0.1) is 34.6 Å². The molecule has 2 aliphatic rings. The van der Waals surface area contributed by atoms with Crippen LogP contribution in [-0.4, -0.2) is 0 Å². The van der Waals surface area contributed by atoms with Crippen molar-refractivity contribution in [1.82, 2.24) is 0 Å². The monoisotopic (exact) mass is 638 g/mol. The minimum Gasteiger partial charge on any atom is -0.310 e. The highest BCUT2D eigenvalue weighted by molar-refractivity contribution is 5.97. The first-order valence-corrected chi connectivity index (χ1v) is 16.1. The van der Waals surface area contributed by atoms with Crippen molar-refractivity contribution in [2.75, 3.05) is 9.80 Å². The van der Waals surface area contributed by atoms with Crippen molar-refractivity contribution in [1.29, 1.82) is 10.5 Å². The van der Waals surface area contributed by atoms with Crippen LogP contribution >= 0.6 is 0 Å². The second kappa shape index (κ2) is 11.9. The van der Waals surface area contributed by atoms with Crippen molar-refractivity contribution in [3.63, 3.8) is 0 Å². The van der Waals surface area contributed by atoms with Crippen LogP contribution in [0.2, 0.25) is 0 Å². The molecule has 0 spiro atoms. The van der Waals surface area contributed by atoms with Crippen LogP contribution in [0.25, 0.3) is 22.5 Å². The summed E-state index contributed by atoms with van der Waals surface area (Å²) in [4.78, 5) is 4.22. The lowest BCUT2D eigenvalue weighted by Gasteiger charge is -2.34. The zero-order valence-electron chi connectivity index (χ0n) is 26.5. The molecule has 6 heteroatoms. The summed E-state index contributed by atoms with van der Waals surface area (Å²) in [6.45, 7) is 2.23. The van der Waals surface area contributed by atoms with E-state index in [2.05, 4.69) is 71.4 Å². The molecule has 6 aromatic rings. The molecule has 2 aliphatic carbocycles. The molecule has 0 saturated carbocycles. The zero-order valence-corrected chi connectivity index (χ0v) is 26.5. The molecule has 234 valence electrons. The van der Waals surface area contributed by atoms with Gasteiger partial charge in [0, 0.05) is 39.1 Å². The van der Waals surface area contributed by atoms with Gasteiger partial charge in [-0.25, -0.2) is 8.78 Å². The predicted molar refractivity (Wildman–Crippen MR) is 191 cm³/mol. The quantitative estimate of drug-likeness (QED) is 0.182. The number of anilines is 5. The number of allylic oxidation sites excluding steroid dienone is 1. The second-order valence-corrected chi connectivity index (χ2v) is 12.4. The van der Waals surface area contributed by atoms with Gasteiger partial charge in [-0.1, -0.05) is 37.3 Å². The summed E-state index contributed by atoms with van der Waals surface area (Å²) in [6, 6.07) is 40.7. The smallest absolute Gasteiger partial charge is 0.123 e. The lowest BCUT2D eigenvalue weighted by atomic mass is 9.76. The van der Waals surface area contributed by atoms with E-state index in [9.17, 15) is 19.3 Å². The Hall–Kier alpha value is -6.50. The lowest BCUT2D eigenvalue weighted by Crippen LogP contribution is -2.34. The standard InChI is InChI=1S/C43H28F2N4/c1-27-24-39-41(49(36-18-10-32(45)11-19-36)34-14-4-29(26-47)5-15-34)22-7-30-6-20-38-40(23-21-37(27)43(38)42(30)39)48(35-16-8-31(44)9-17-35)33-12-2-28(25-46)3-13-33/h2-24,27,37H,1H3. The molecular formula is C43H28F2N4. The third-order valence-corrected chi connectivity index (χ3v) is 9.47. The maximum atomic E-state index is 14.2. The van der Waals surface area contributed by atoms with Crippen molar-refractivity contribution in [2.45, 2.75) is 12.8 Å². The van der Waals surface area contributed by atoms with E-state index in [0.717, 1.165) is 55.3 Å². The van der Waals surface area contributed by atoms with Crippen molar-refractivity contribution >= 4 is 51.0 Å². The average Bonchev–Trinajstić information content (AvgIpc) is 3.14. The first kappa shape index (κ1) is 29.9. The van der Waals surface area contributed by atoms with Crippen LogP contribution in [0.4, 0.5) is 37.2 Å². The Morgan fingerprint density at radius 3 is 1.61 bits per heavy atom. The minimum atomic E-state index is -0.317. The third-order valence-electron chi connectivity index (χ3n) is 9.47. The molecule has 6 aromatic carbocycles. The minimum absolute atomic E-state index is 0.121. The largest absolute Gasteiger partial charge is 0.310 e. The predicted octanol–water partition coefficient (Wildman–Crippen LogP) is 9.36. The van der Waals surface area contributed by atoms with Gasteiger partial charge in [0.25, 0.3) is 0 Å². The Balaban J connectivity index is 1.41. The topological polar surface area (TPSA) is 54.1 Å². The van der Waals surface area contributed by atoms with E-state index in [4.69, 9.17) is 0 Å². The number of hydrogen-bond donors (Lipinski definition) is 0. The van der Waals surface area contributed by atoms with Gasteiger partial charge < -0.3 is 9.80 Å². The average molecular weight is 639 g/mol. The zero-order chi connectivity index (χ0) is 33.6. The molecule has 0 heterocycles. The fourth-order valence-electron chi connectivity index (χ4n) is 7.18. The van der Waals surface area contributed by atoms with Crippen LogP contribution in [0.1, 0.15) is 29.5 Å². The molecule has 0 aliphatic heterocycles. The van der Waals surface area contributed by atoms with Crippen molar-refractivity contribution < 1.29 is 8.78 Å². The summed E-state index contributed by atoms with van der Waals surface area (Å²) in [5.74, 6) is -0.359. The molecule has 0 aromatic heterocycles. The van der Waals surface area contributed by atoms with E-state index in [1.54, 1.807) is 48.5 Å². The highest BCUT2D eigenvalue weighted by atomic mass is 19.1. The fourth-order valence-corrected chi connectivity index (χ4v) is 7.18. The summed E-state index contributed by atoms with van der Waals surface area (Å²) in [7, 11) is 0. The molecule has 4 nitrogen and oxygen atoms in total. The number of rotatable bonds is 6. The lowest BCUT2D eigenvalue weighted by molar-refractivity contribution is 0.627. The van der Waals surface area contributed by atoms with Gasteiger partial charge in [0.1, 0.15) is 11.6 Å². The molecule has 49 heavy (non-hydrogen) atoms. The Morgan fingerprint density at radius 2 is 1.08 bits per heavy atom. The van der Waals surface area contributed by atoms with Crippen molar-refractivity contribution in [3.8, 4) is 12.1 Å². The number of benzene rings is 6. The highest BCUT2D eigenvalue weighted by Crippen LogP contribution is 2.41. The maximum Gasteiger partial charge on any atom is 0.123 e. The molecule has 0 saturated heterocycles.